The minimum Gasteiger partial charge on any atom is -0.396 e. The van der Waals surface area contributed by atoms with E-state index in [0.29, 0.717) is 17.6 Å². The predicted octanol–water partition coefficient (Wildman–Crippen LogP) is 1.90. The second-order valence-electron chi connectivity index (χ2n) is 4.92. The molecule has 0 radical (unpaired) electrons. The highest BCUT2D eigenvalue weighted by molar-refractivity contribution is 7.80. The first-order valence-electron chi connectivity index (χ1n) is 6.57. The van der Waals surface area contributed by atoms with Crippen molar-refractivity contribution in [2.24, 2.45) is 5.92 Å². The van der Waals surface area contributed by atoms with Gasteiger partial charge in [-0.25, -0.2) is 4.39 Å². The molecular formula is C14H19FN2OS. The van der Waals surface area contributed by atoms with Gasteiger partial charge in [0.25, 0.3) is 0 Å². The molecule has 2 N–H and O–H groups in total. The van der Waals surface area contributed by atoms with E-state index in [4.69, 9.17) is 12.2 Å². The number of aliphatic hydroxyl groups is 1. The SMILES string of the molecule is OC[C@H]1CCCN(C(=S)NCc2ccc(F)cc2)C1. The molecule has 104 valence electrons. The maximum Gasteiger partial charge on any atom is 0.169 e. The molecular weight excluding hydrogens is 263 g/mol. The summed E-state index contributed by atoms with van der Waals surface area (Å²) in [6.07, 6.45) is 2.12. The second kappa shape index (κ2) is 6.82. The molecule has 0 amide bonds. The summed E-state index contributed by atoms with van der Waals surface area (Å²) in [4.78, 5) is 2.10. The first kappa shape index (κ1) is 14.2. The monoisotopic (exact) mass is 282 g/mol. The molecule has 2 rings (SSSR count). The average Bonchev–Trinajstić information content (AvgIpc) is 2.46. The van der Waals surface area contributed by atoms with Gasteiger partial charge in [0.15, 0.2) is 5.11 Å². The van der Waals surface area contributed by atoms with E-state index in [9.17, 15) is 9.50 Å². The zero-order valence-corrected chi connectivity index (χ0v) is 11.6. The smallest absolute Gasteiger partial charge is 0.169 e. The molecule has 1 aliphatic rings. The Hall–Kier alpha value is -1.20. The van der Waals surface area contributed by atoms with Crippen molar-refractivity contribution in [1.29, 1.82) is 0 Å². The lowest BCUT2D eigenvalue weighted by Crippen LogP contribution is -2.45. The number of hydrogen-bond donors (Lipinski definition) is 2. The molecule has 1 aliphatic heterocycles. The molecule has 19 heavy (non-hydrogen) atoms. The van der Waals surface area contributed by atoms with Gasteiger partial charge in [0.2, 0.25) is 0 Å². The van der Waals surface area contributed by atoms with Gasteiger partial charge in [-0.2, -0.15) is 0 Å². The summed E-state index contributed by atoms with van der Waals surface area (Å²) >= 11 is 5.36. The lowest BCUT2D eigenvalue weighted by molar-refractivity contribution is 0.160. The molecule has 0 saturated carbocycles. The van der Waals surface area contributed by atoms with E-state index >= 15 is 0 Å². The maximum atomic E-state index is 12.8. The summed E-state index contributed by atoms with van der Waals surface area (Å²) in [5.74, 6) is 0.0902. The third-order valence-electron chi connectivity index (χ3n) is 3.42. The minimum absolute atomic E-state index is 0.219. The minimum atomic E-state index is -0.229. The number of hydrogen-bond acceptors (Lipinski definition) is 2. The van der Waals surface area contributed by atoms with Crippen molar-refractivity contribution in [3.63, 3.8) is 0 Å². The topological polar surface area (TPSA) is 35.5 Å². The molecule has 1 heterocycles. The number of aliphatic hydroxyl groups excluding tert-OH is 1. The van der Waals surface area contributed by atoms with Gasteiger partial charge in [0.05, 0.1) is 0 Å². The number of nitrogens with zero attached hydrogens (tertiary/aromatic N) is 1. The van der Waals surface area contributed by atoms with Crippen LogP contribution in [0.4, 0.5) is 4.39 Å². The summed E-state index contributed by atoms with van der Waals surface area (Å²) in [6, 6.07) is 6.39. The number of likely N-dealkylation sites (tertiary alicyclic amines) is 1. The molecule has 1 saturated heterocycles. The molecule has 1 aromatic carbocycles. The van der Waals surface area contributed by atoms with E-state index in [2.05, 4.69) is 10.2 Å². The van der Waals surface area contributed by atoms with Crippen LogP contribution in [0.15, 0.2) is 24.3 Å². The Morgan fingerprint density at radius 2 is 2.16 bits per heavy atom. The van der Waals surface area contributed by atoms with Crippen LogP contribution in [-0.2, 0) is 6.54 Å². The Labute approximate surface area is 118 Å². The molecule has 1 atom stereocenters. The van der Waals surface area contributed by atoms with Crippen molar-refractivity contribution in [3.05, 3.63) is 35.6 Å². The Balaban J connectivity index is 1.82. The van der Waals surface area contributed by atoms with Crippen LogP contribution in [0, 0.1) is 11.7 Å². The van der Waals surface area contributed by atoms with Gasteiger partial charge in [-0.3, -0.25) is 0 Å². The van der Waals surface area contributed by atoms with Crippen LogP contribution in [0.2, 0.25) is 0 Å². The summed E-state index contributed by atoms with van der Waals surface area (Å²) in [5.41, 5.74) is 1.000. The highest BCUT2D eigenvalue weighted by Crippen LogP contribution is 2.15. The summed E-state index contributed by atoms with van der Waals surface area (Å²) in [5, 5.41) is 13.1. The van der Waals surface area contributed by atoms with Gasteiger partial charge in [0, 0.05) is 26.2 Å². The van der Waals surface area contributed by atoms with Crippen LogP contribution in [0.25, 0.3) is 0 Å². The van der Waals surface area contributed by atoms with Crippen LogP contribution in [0.3, 0.4) is 0 Å². The zero-order chi connectivity index (χ0) is 13.7. The number of halogens is 1. The largest absolute Gasteiger partial charge is 0.396 e. The van der Waals surface area contributed by atoms with E-state index in [-0.39, 0.29) is 12.4 Å². The van der Waals surface area contributed by atoms with Gasteiger partial charge in [-0.1, -0.05) is 12.1 Å². The molecule has 0 spiro atoms. The number of benzene rings is 1. The van der Waals surface area contributed by atoms with Crippen molar-refractivity contribution < 1.29 is 9.50 Å². The van der Waals surface area contributed by atoms with Crippen molar-refractivity contribution in [3.8, 4) is 0 Å². The zero-order valence-electron chi connectivity index (χ0n) is 10.8. The average molecular weight is 282 g/mol. The van der Waals surface area contributed by atoms with E-state index in [0.717, 1.165) is 31.5 Å². The Kier molecular flexibility index (Phi) is 5.10. The molecule has 0 aliphatic carbocycles. The number of piperidine rings is 1. The van der Waals surface area contributed by atoms with E-state index in [1.54, 1.807) is 12.1 Å². The lowest BCUT2D eigenvalue weighted by atomic mass is 9.99. The normalized spacial score (nSPS) is 19.3. The van der Waals surface area contributed by atoms with Gasteiger partial charge >= 0.3 is 0 Å². The Morgan fingerprint density at radius 1 is 1.42 bits per heavy atom. The highest BCUT2D eigenvalue weighted by Gasteiger charge is 2.20. The first-order chi connectivity index (χ1) is 9.19. The molecule has 1 fully saturated rings. The van der Waals surface area contributed by atoms with Crippen LogP contribution in [-0.4, -0.2) is 34.8 Å². The summed E-state index contributed by atoms with van der Waals surface area (Å²) in [7, 11) is 0. The molecule has 5 heteroatoms. The molecule has 3 nitrogen and oxygen atoms in total. The van der Waals surface area contributed by atoms with Gasteiger partial charge in [0.1, 0.15) is 5.82 Å². The Bertz CT molecular complexity index is 424. The van der Waals surface area contributed by atoms with Gasteiger partial charge in [-0.05, 0) is 48.7 Å². The molecule has 0 unspecified atom stereocenters. The van der Waals surface area contributed by atoms with Gasteiger partial charge in [-0.15, -0.1) is 0 Å². The second-order valence-corrected chi connectivity index (χ2v) is 5.31. The third-order valence-corrected chi connectivity index (χ3v) is 3.82. The van der Waals surface area contributed by atoms with E-state index < -0.39 is 0 Å². The fourth-order valence-electron chi connectivity index (χ4n) is 2.29. The predicted molar refractivity (Wildman–Crippen MR) is 77.2 cm³/mol. The van der Waals surface area contributed by atoms with Crippen LogP contribution in [0.1, 0.15) is 18.4 Å². The Morgan fingerprint density at radius 3 is 2.84 bits per heavy atom. The van der Waals surface area contributed by atoms with Gasteiger partial charge < -0.3 is 15.3 Å². The quantitative estimate of drug-likeness (QED) is 0.830. The first-order valence-corrected chi connectivity index (χ1v) is 6.98. The highest BCUT2D eigenvalue weighted by atomic mass is 32.1. The van der Waals surface area contributed by atoms with Crippen molar-refractivity contribution in [2.75, 3.05) is 19.7 Å². The van der Waals surface area contributed by atoms with Crippen LogP contribution < -0.4 is 5.32 Å². The number of nitrogens with one attached hydrogen (secondary N) is 1. The molecule has 0 bridgehead atoms. The van der Waals surface area contributed by atoms with Crippen LogP contribution >= 0.6 is 12.2 Å². The third kappa shape index (κ3) is 4.14. The van der Waals surface area contributed by atoms with Crippen molar-refractivity contribution in [2.45, 2.75) is 19.4 Å². The van der Waals surface area contributed by atoms with Crippen molar-refractivity contribution >= 4 is 17.3 Å². The lowest BCUT2D eigenvalue weighted by Gasteiger charge is -2.33. The number of thiocarbonyl (C=S) groups is 1. The molecule has 0 aromatic heterocycles. The maximum absolute atomic E-state index is 12.8. The standard InChI is InChI=1S/C14H19FN2OS/c15-13-5-3-11(4-6-13)8-16-14(19)17-7-1-2-12(9-17)10-18/h3-6,12,18H,1-2,7-10H2,(H,16,19)/t12-/m0/s1. The molecule has 1 aromatic rings. The van der Waals surface area contributed by atoms with E-state index in [1.807, 2.05) is 0 Å². The summed E-state index contributed by atoms with van der Waals surface area (Å²) in [6.45, 7) is 2.56. The van der Waals surface area contributed by atoms with Crippen molar-refractivity contribution in [1.82, 2.24) is 10.2 Å². The van der Waals surface area contributed by atoms with E-state index in [1.165, 1.54) is 12.1 Å². The fourth-order valence-corrected chi connectivity index (χ4v) is 2.53. The summed E-state index contributed by atoms with van der Waals surface area (Å²) < 4.78 is 12.8. The number of rotatable bonds is 3. The fraction of sp³-hybridized carbons (Fsp3) is 0.500. The van der Waals surface area contributed by atoms with Crippen LogP contribution in [0.5, 0.6) is 0 Å².